The number of carbonyl (C=O) groups is 1. The number of hydrogen-bond donors (Lipinski definition) is 2. The molecule has 0 aliphatic heterocycles. The molecule has 0 heterocycles. The molecule has 0 saturated carbocycles. The number of nitrogens with one attached hydrogen (secondary N) is 1. The first-order valence-electron chi connectivity index (χ1n) is 6.57. The number of nitrogen functional groups attached to an aromatic ring is 1. The van der Waals surface area contributed by atoms with E-state index in [-0.39, 0.29) is 11.2 Å². The second-order valence-electron chi connectivity index (χ2n) is 4.44. The molecule has 104 valence electrons. The largest absolute Gasteiger partial charge is 0.399 e. The van der Waals surface area contributed by atoms with E-state index in [1.807, 2.05) is 61.5 Å². The lowest BCUT2D eigenvalue weighted by molar-refractivity contribution is -0.115. The average Bonchev–Trinajstić information content (AvgIpc) is 2.47. The summed E-state index contributed by atoms with van der Waals surface area (Å²) >= 11 is 1.56. The normalized spacial score (nSPS) is 11.8. The van der Waals surface area contributed by atoms with Gasteiger partial charge in [0.05, 0.1) is 5.25 Å². The van der Waals surface area contributed by atoms with Crippen LogP contribution in [-0.2, 0) is 4.79 Å². The van der Waals surface area contributed by atoms with Crippen LogP contribution >= 0.6 is 11.8 Å². The fourth-order valence-corrected chi connectivity index (χ4v) is 2.73. The zero-order valence-corrected chi connectivity index (χ0v) is 12.2. The molecule has 1 unspecified atom stereocenters. The fourth-order valence-electron chi connectivity index (χ4n) is 1.78. The standard InChI is InChI=1S/C16H18N2OS/c1-2-15(20-14-10-8-12(17)9-11-14)16(19)18-13-6-4-3-5-7-13/h3-11,15H,2,17H2,1H3,(H,18,19). The van der Waals surface area contributed by atoms with E-state index in [0.29, 0.717) is 0 Å². The molecule has 0 radical (unpaired) electrons. The van der Waals surface area contributed by atoms with Crippen LogP contribution in [0.5, 0.6) is 0 Å². The molecule has 0 spiro atoms. The molecule has 3 N–H and O–H groups in total. The number of benzene rings is 2. The zero-order valence-electron chi connectivity index (χ0n) is 11.4. The van der Waals surface area contributed by atoms with Crippen LogP contribution in [0.2, 0.25) is 0 Å². The summed E-state index contributed by atoms with van der Waals surface area (Å²) in [6.45, 7) is 2.01. The highest BCUT2D eigenvalue weighted by molar-refractivity contribution is 8.00. The summed E-state index contributed by atoms with van der Waals surface area (Å²) in [6.07, 6.45) is 0.772. The van der Waals surface area contributed by atoms with Crippen LogP contribution < -0.4 is 11.1 Å². The minimum Gasteiger partial charge on any atom is -0.399 e. The lowest BCUT2D eigenvalue weighted by Crippen LogP contribution is -2.24. The van der Waals surface area contributed by atoms with Crippen molar-refractivity contribution >= 4 is 29.0 Å². The summed E-state index contributed by atoms with van der Waals surface area (Å²) in [5, 5.41) is 2.83. The first kappa shape index (κ1) is 14.5. The SMILES string of the molecule is CCC(Sc1ccc(N)cc1)C(=O)Nc1ccccc1. The highest BCUT2D eigenvalue weighted by Crippen LogP contribution is 2.27. The van der Waals surface area contributed by atoms with Gasteiger partial charge in [0, 0.05) is 16.3 Å². The molecule has 3 nitrogen and oxygen atoms in total. The van der Waals surface area contributed by atoms with E-state index in [4.69, 9.17) is 5.73 Å². The quantitative estimate of drug-likeness (QED) is 0.649. The smallest absolute Gasteiger partial charge is 0.237 e. The molecule has 0 aromatic heterocycles. The molecule has 0 aliphatic rings. The van der Waals surface area contributed by atoms with Gasteiger partial charge in [-0.3, -0.25) is 4.79 Å². The molecule has 0 bridgehead atoms. The van der Waals surface area contributed by atoms with Crippen molar-refractivity contribution in [3.8, 4) is 0 Å². The number of hydrogen-bond acceptors (Lipinski definition) is 3. The predicted molar refractivity (Wildman–Crippen MR) is 85.9 cm³/mol. The minimum absolute atomic E-state index is 0.0283. The van der Waals surface area contributed by atoms with E-state index in [1.54, 1.807) is 11.8 Å². The van der Waals surface area contributed by atoms with Crippen LogP contribution in [-0.4, -0.2) is 11.2 Å². The number of thioether (sulfide) groups is 1. The second-order valence-corrected chi connectivity index (χ2v) is 5.72. The molecule has 2 aromatic carbocycles. The van der Waals surface area contributed by atoms with Gasteiger partial charge in [0.15, 0.2) is 0 Å². The maximum Gasteiger partial charge on any atom is 0.237 e. The fraction of sp³-hybridized carbons (Fsp3) is 0.188. The minimum atomic E-state index is -0.112. The van der Waals surface area contributed by atoms with E-state index in [1.165, 1.54) is 0 Å². The third kappa shape index (κ3) is 4.03. The van der Waals surface area contributed by atoms with Crippen molar-refractivity contribution in [2.45, 2.75) is 23.5 Å². The first-order valence-corrected chi connectivity index (χ1v) is 7.45. The van der Waals surface area contributed by atoms with E-state index in [0.717, 1.165) is 22.7 Å². The van der Waals surface area contributed by atoms with E-state index < -0.39 is 0 Å². The maximum atomic E-state index is 12.3. The number of nitrogens with two attached hydrogens (primary N) is 1. The summed E-state index contributed by atoms with van der Waals surface area (Å²) in [6, 6.07) is 17.1. The van der Waals surface area contributed by atoms with Crippen LogP contribution in [0.1, 0.15) is 13.3 Å². The van der Waals surface area contributed by atoms with Crippen LogP contribution in [0, 0.1) is 0 Å². The molecule has 0 fully saturated rings. The van der Waals surface area contributed by atoms with Crippen molar-refractivity contribution in [1.29, 1.82) is 0 Å². The number of rotatable bonds is 5. The number of amides is 1. The number of carbonyl (C=O) groups excluding carboxylic acids is 1. The Hall–Kier alpha value is -1.94. The van der Waals surface area contributed by atoms with Gasteiger partial charge < -0.3 is 11.1 Å². The Balaban J connectivity index is 2.00. The van der Waals surface area contributed by atoms with E-state index >= 15 is 0 Å². The number of anilines is 2. The Morgan fingerprint density at radius 3 is 2.40 bits per heavy atom. The molecular formula is C16H18N2OS. The van der Waals surface area contributed by atoms with Gasteiger partial charge in [0.2, 0.25) is 5.91 Å². The summed E-state index contributed by atoms with van der Waals surface area (Å²) in [4.78, 5) is 13.3. The van der Waals surface area contributed by atoms with Crippen molar-refractivity contribution in [3.05, 3.63) is 54.6 Å². The molecule has 4 heteroatoms. The Morgan fingerprint density at radius 1 is 1.15 bits per heavy atom. The van der Waals surface area contributed by atoms with Gasteiger partial charge in [-0.1, -0.05) is 25.1 Å². The Labute approximate surface area is 123 Å². The zero-order chi connectivity index (χ0) is 14.4. The van der Waals surface area contributed by atoms with Crippen LogP contribution in [0.25, 0.3) is 0 Å². The molecule has 2 aromatic rings. The van der Waals surface area contributed by atoms with Crippen molar-refractivity contribution in [2.75, 3.05) is 11.1 Å². The van der Waals surface area contributed by atoms with Gasteiger partial charge in [-0.2, -0.15) is 0 Å². The lowest BCUT2D eigenvalue weighted by atomic mass is 10.3. The van der Waals surface area contributed by atoms with E-state index in [2.05, 4.69) is 5.32 Å². The Morgan fingerprint density at radius 2 is 1.80 bits per heavy atom. The third-order valence-corrected chi connectivity index (χ3v) is 4.24. The summed E-state index contributed by atoms with van der Waals surface area (Å²) < 4.78 is 0. The highest BCUT2D eigenvalue weighted by atomic mass is 32.2. The van der Waals surface area contributed by atoms with Gasteiger partial charge in [-0.25, -0.2) is 0 Å². The van der Waals surface area contributed by atoms with Crippen LogP contribution in [0.15, 0.2) is 59.5 Å². The van der Waals surface area contributed by atoms with Gasteiger partial charge in [-0.05, 0) is 42.8 Å². The van der Waals surface area contributed by atoms with Crippen molar-refractivity contribution < 1.29 is 4.79 Å². The predicted octanol–water partition coefficient (Wildman–Crippen LogP) is 3.78. The second kappa shape index (κ2) is 7.01. The van der Waals surface area contributed by atoms with Gasteiger partial charge in [0.25, 0.3) is 0 Å². The monoisotopic (exact) mass is 286 g/mol. The summed E-state index contributed by atoms with van der Waals surface area (Å²) in [5.41, 5.74) is 7.22. The number of para-hydroxylation sites is 1. The molecule has 0 aliphatic carbocycles. The molecule has 1 atom stereocenters. The Kier molecular flexibility index (Phi) is 5.07. The topological polar surface area (TPSA) is 55.1 Å². The summed E-state index contributed by atoms with van der Waals surface area (Å²) in [5.74, 6) is 0.0283. The van der Waals surface area contributed by atoms with Crippen molar-refractivity contribution in [1.82, 2.24) is 0 Å². The van der Waals surface area contributed by atoms with Gasteiger partial charge in [0.1, 0.15) is 0 Å². The van der Waals surface area contributed by atoms with E-state index in [9.17, 15) is 4.79 Å². The Bertz CT molecular complexity index is 554. The molecule has 20 heavy (non-hydrogen) atoms. The van der Waals surface area contributed by atoms with Crippen LogP contribution in [0.3, 0.4) is 0 Å². The maximum absolute atomic E-state index is 12.3. The molecule has 0 saturated heterocycles. The average molecular weight is 286 g/mol. The molecule has 1 amide bonds. The summed E-state index contributed by atoms with van der Waals surface area (Å²) in [7, 11) is 0. The van der Waals surface area contributed by atoms with Crippen molar-refractivity contribution in [3.63, 3.8) is 0 Å². The lowest BCUT2D eigenvalue weighted by Gasteiger charge is -2.14. The van der Waals surface area contributed by atoms with Gasteiger partial charge >= 0.3 is 0 Å². The van der Waals surface area contributed by atoms with Gasteiger partial charge in [-0.15, -0.1) is 11.8 Å². The molecular weight excluding hydrogens is 268 g/mol. The first-order chi connectivity index (χ1) is 9.69. The third-order valence-electron chi connectivity index (χ3n) is 2.86. The molecule has 2 rings (SSSR count). The highest BCUT2D eigenvalue weighted by Gasteiger charge is 2.17. The van der Waals surface area contributed by atoms with Crippen molar-refractivity contribution in [2.24, 2.45) is 0 Å². The van der Waals surface area contributed by atoms with Crippen LogP contribution in [0.4, 0.5) is 11.4 Å².